The van der Waals surface area contributed by atoms with Gasteiger partial charge in [0.25, 0.3) is 0 Å². The molecule has 0 saturated carbocycles. The highest BCUT2D eigenvalue weighted by molar-refractivity contribution is 5.36. The monoisotopic (exact) mass is 221 g/mol. The molecule has 0 aliphatic heterocycles. The van der Waals surface area contributed by atoms with E-state index in [1.807, 2.05) is 18.2 Å². The van der Waals surface area contributed by atoms with Crippen molar-refractivity contribution in [2.45, 2.75) is 45.6 Å². The molecule has 1 unspecified atom stereocenters. The van der Waals surface area contributed by atoms with E-state index in [9.17, 15) is 0 Å². The van der Waals surface area contributed by atoms with E-state index in [0.717, 1.165) is 12.2 Å². The number of benzene rings is 1. The van der Waals surface area contributed by atoms with Gasteiger partial charge in [0, 0.05) is 6.54 Å². The Morgan fingerprint density at radius 3 is 2.44 bits per heavy atom. The highest BCUT2D eigenvalue weighted by Gasteiger charge is 2.23. The second-order valence-electron chi connectivity index (χ2n) is 4.80. The van der Waals surface area contributed by atoms with E-state index in [-0.39, 0.29) is 5.60 Å². The topological polar surface area (TPSA) is 35.2 Å². The molecule has 0 fully saturated rings. The SMILES string of the molecule is CCC(C)(CN)Oc1ccccc1C(C)C. The Morgan fingerprint density at radius 2 is 1.94 bits per heavy atom. The van der Waals surface area contributed by atoms with Crippen LogP contribution in [0.2, 0.25) is 0 Å². The van der Waals surface area contributed by atoms with Crippen LogP contribution < -0.4 is 10.5 Å². The predicted molar refractivity (Wildman–Crippen MR) is 68.9 cm³/mol. The molecule has 16 heavy (non-hydrogen) atoms. The van der Waals surface area contributed by atoms with Crippen LogP contribution in [0.5, 0.6) is 5.75 Å². The van der Waals surface area contributed by atoms with Gasteiger partial charge in [-0.25, -0.2) is 0 Å². The Bertz CT molecular complexity index is 329. The molecule has 0 aromatic heterocycles. The summed E-state index contributed by atoms with van der Waals surface area (Å²) in [6, 6.07) is 8.20. The smallest absolute Gasteiger partial charge is 0.123 e. The van der Waals surface area contributed by atoms with Gasteiger partial charge in [0.1, 0.15) is 11.4 Å². The van der Waals surface area contributed by atoms with E-state index in [0.29, 0.717) is 12.5 Å². The highest BCUT2D eigenvalue weighted by atomic mass is 16.5. The summed E-state index contributed by atoms with van der Waals surface area (Å²) in [5.41, 5.74) is 6.75. The zero-order valence-corrected chi connectivity index (χ0v) is 10.8. The lowest BCUT2D eigenvalue weighted by atomic mass is 10.0. The number of para-hydroxylation sites is 1. The van der Waals surface area contributed by atoms with Crippen molar-refractivity contribution in [2.75, 3.05) is 6.54 Å². The third kappa shape index (κ3) is 2.99. The molecule has 0 saturated heterocycles. The van der Waals surface area contributed by atoms with Gasteiger partial charge in [0.05, 0.1) is 0 Å². The Hall–Kier alpha value is -1.02. The van der Waals surface area contributed by atoms with E-state index in [1.165, 1.54) is 5.56 Å². The van der Waals surface area contributed by atoms with Crippen LogP contribution in [-0.2, 0) is 0 Å². The summed E-state index contributed by atoms with van der Waals surface area (Å²) < 4.78 is 6.07. The fourth-order valence-corrected chi connectivity index (χ4v) is 1.57. The van der Waals surface area contributed by atoms with Crippen molar-refractivity contribution in [3.8, 4) is 5.75 Å². The second kappa shape index (κ2) is 5.35. The molecule has 1 aromatic carbocycles. The van der Waals surface area contributed by atoms with Gasteiger partial charge < -0.3 is 10.5 Å². The minimum Gasteiger partial charge on any atom is -0.486 e. The van der Waals surface area contributed by atoms with Crippen LogP contribution in [0.4, 0.5) is 0 Å². The van der Waals surface area contributed by atoms with Gasteiger partial charge in [0.2, 0.25) is 0 Å². The van der Waals surface area contributed by atoms with Gasteiger partial charge in [-0.15, -0.1) is 0 Å². The first kappa shape index (κ1) is 13.0. The molecule has 90 valence electrons. The second-order valence-corrected chi connectivity index (χ2v) is 4.80. The van der Waals surface area contributed by atoms with Crippen LogP contribution in [0.25, 0.3) is 0 Å². The molecule has 2 nitrogen and oxygen atoms in total. The van der Waals surface area contributed by atoms with E-state index in [1.54, 1.807) is 0 Å². The van der Waals surface area contributed by atoms with Gasteiger partial charge in [-0.1, -0.05) is 39.0 Å². The highest BCUT2D eigenvalue weighted by Crippen LogP contribution is 2.29. The van der Waals surface area contributed by atoms with Gasteiger partial charge in [0.15, 0.2) is 0 Å². The average molecular weight is 221 g/mol. The Morgan fingerprint density at radius 1 is 1.31 bits per heavy atom. The van der Waals surface area contributed by atoms with E-state index >= 15 is 0 Å². The van der Waals surface area contributed by atoms with Crippen molar-refractivity contribution in [1.82, 2.24) is 0 Å². The summed E-state index contributed by atoms with van der Waals surface area (Å²) >= 11 is 0. The van der Waals surface area contributed by atoms with Crippen molar-refractivity contribution in [2.24, 2.45) is 5.73 Å². The molecule has 1 rings (SSSR count). The van der Waals surface area contributed by atoms with Gasteiger partial charge in [-0.05, 0) is 30.9 Å². The molecular weight excluding hydrogens is 198 g/mol. The summed E-state index contributed by atoms with van der Waals surface area (Å²) in [7, 11) is 0. The molecule has 2 N–H and O–H groups in total. The number of hydrogen-bond donors (Lipinski definition) is 1. The largest absolute Gasteiger partial charge is 0.486 e. The molecule has 0 heterocycles. The normalized spacial score (nSPS) is 14.9. The Balaban J connectivity index is 2.96. The standard InChI is InChI=1S/C14H23NO/c1-5-14(4,10-15)16-13-9-7-6-8-12(13)11(2)3/h6-9,11H,5,10,15H2,1-4H3. The van der Waals surface area contributed by atoms with Crippen LogP contribution in [0, 0.1) is 0 Å². The molecular formula is C14H23NO. The maximum absolute atomic E-state index is 6.07. The van der Waals surface area contributed by atoms with Gasteiger partial charge >= 0.3 is 0 Å². The predicted octanol–water partition coefficient (Wildman–Crippen LogP) is 3.32. The van der Waals surface area contributed by atoms with Crippen LogP contribution >= 0.6 is 0 Å². The van der Waals surface area contributed by atoms with Crippen molar-refractivity contribution in [3.63, 3.8) is 0 Å². The number of hydrogen-bond acceptors (Lipinski definition) is 2. The zero-order valence-electron chi connectivity index (χ0n) is 10.8. The van der Waals surface area contributed by atoms with Crippen molar-refractivity contribution in [3.05, 3.63) is 29.8 Å². The third-order valence-electron chi connectivity index (χ3n) is 3.08. The summed E-state index contributed by atoms with van der Waals surface area (Å²) in [6.07, 6.45) is 0.913. The molecule has 0 aliphatic rings. The summed E-state index contributed by atoms with van der Waals surface area (Å²) in [5, 5.41) is 0. The molecule has 2 heteroatoms. The van der Waals surface area contributed by atoms with Crippen molar-refractivity contribution < 1.29 is 4.74 Å². The first-order chi connectivity index (χ1) is 7.52. The fourth-order valence-electron chi connectivity index (χ4n) is 1.57. The minimum atomic E-state index is -0.259. The Labute approximate surface area is 98.8 Å². The average Bonchev–Trinajstić information content (AvgIpc) is 2.29. The molecule has 0 bridgehead atoms. The minimum absolute atomic E-state index is 0.259. The molecule has 1 atom stereocenters. The van der Waals surface area contributed by atoms with Crippen LogP contribution in [0.3, 0.4) is 0 Å². The van der Waals surface area contributed by atoms with Crippen LogP contribution in [0.1, 0.15) is 45.6 Å². The Kier molecular flexibility index (Phi) is 4.36. The summed E-state index contributed by atoms with van der Waals surface area (Å²) in [4.78, 5) is 0. The van der Waals surface area contributed by atoms with Crippen molar-refractivity contribution in [1.29, 1.82) is 0 Å². The lowest BCUT2D eigenvalue weighted by Gasteiger charge is -2.29. The lowest BCUT2D eigenvalue weighted by Crippen LogP contribution is -2.40. The van der Waals surface area contributed by atoms with Crippen molar-refractivity contribution >= 4 is 0 Å². The number of rotatable bonds is 5. The maximum Gasteiger partial charge on any atom is 0.123 e. The van der Waals surface area contributed by atoms with Gasteiger partial charge in [-0.3, -0.25) is 0 Å². The summed E-state index contributed by atoms with van der Waals surface area (Å²) in [6.45, 7) is 9.05. The molecule has 0 aliphatic carbocycles. The first-order valence-electron chi connectivity index (χ1n) is 6.00. The first-order valence-corrected chi connectivity index (χ1v) is 6.00. The molecule has 1 aromatic rings. The fraction of sp³-hybridized carbons (Fsp3) is 0.571. The third-order valence-corrected chi connectivity index (χ3v) is 3.08. The van der Waals surface area contributed by atoms with E-state index in [2.05, 4.69) is 33.8 Å². The zero-order chi connectivity index (χ0) is 12.2. The molecule has 0 amide bonds. The molecule has 0 spiro atoms. The number of ether oxygens (including phenoxy) is 1. The maximum atomic E-state index is 6.07. The van der Waals surface area contributed by atoms with E-state index < -0.39 is 0 Å². The van der Waals surface area contributed by atoms with Gasteiger partial charge in [-0.2, -0.15) is 0 Å². The van der Waals surface area contributed by atoms with Crippen LogP contribution in [0.15, 0.2) is 24.3 Å². The summed E-state index contributed by atoms with van der Waals surface area (Å²) in [5.74, 6) is 1.43. The van der Waals surface area contributed by atoms with Crippen LogP contribution in [-0.4, -0.2) is 12.1 Å². The molecule has 0 radical (unpaired) electrons. The van der Waals surface area contributed by atoms with E-state index in [4.69, 9.17) is 10.5 Å². The quantitative estimate of drug-likeness (QED) is 0.828. The lowest BCUT2D eigenvalue weighted by molar-refractivity contribution is 0.0919. The number of nitrogens with two attached hydrogens (primary N) is 1.